The van der Waals surface area contributed by atoms with Crippen LogP contribution in [0.1, 0.15) is 33.9 Å². The number of ether oxygens (including phenoxy) is 1. The van der Waals surface area contributed by atoms with Crippen LogP contribution in [0.3, 0.4) is 0 Å². The summed E-state index contributed by atoms with van der Waals surface area (Å²) in [5.41, 5.74) is 8.85. The first kappa shape index (κ1) is 14.1. The molecule has 7 nitrogen and oxygen atoms in total. The van der Waals surface area contributed by atoms with Crippen LogP contribution in [0.2, 0.25) is 0 Å². The summed E-state index contributed by atoms with van der Waals surface area (Å²) < 4.78 is 5.72. The predicted molar refractivity (Wildman–Crippen MR) is 87.0 cm³/mol. The summed E-state index contributed by atoms with van der Waals surface area (Å²) >= 11 is 0. The highest BCUT2D eigenvalue weighted by Crippen LogP contribution is 2.48. The van der Waals surface area contributed by atoms with E-state index in [1.165, 1.54) is 0 Å². The minimum atomic E-state index is -0.573. The zero-order valence-corrected chi connectivity index (χ0v) is 12.8. The first-order valence-corrected chi connectivity index (χ1v) is 7.35. The van der Waals surface area contributed by atoms with Crippen LogP contribution in [0.25, 0.3) is 0 Å². The normalized spacial score (nSPS) is 15.1. The fraction of sp³-hybridized carbons (Fsp3) is 0.118. The van der Waals surface area contributed by atoms with Crippen molar-refractivity contribution in [1.82, 2.24) is 15.2 Å². The number of fused-ring (bicyclic) bond motifs is 2. The van der Waals surface area contributed by atoms with Crippen molar-refractivity contribution in [3.63, 3.8) is 0 Å². The number of H-pyrrole nitrogens is 2. The number of aryl methyl sites for hydroxylation is 1. The van der Waals surface area contributed by atoms with Crippen LogP contribution in [0, 0.1) is 18.3 Å². The molecular formula is C17H13N5O2. The third-order valence-electron chi connectivity index (χ3n) is 4.24. The van der Waals surface area contributed by atoms with Gasteiger partial charge in [-0.05, 0) is 12.5 Å². The van der Waals surface area contributed by atoms with Crippen molar-refractivity contribution in [2.24, 2.45) is 0 Å². The average molecular weight is 319 g/mol. The first-order valence-electron chi connectivity index (χ1n) is 7.35. The second kappa shape index (κ2) is 4.99. The number of benzene rings is 1. The van der Waals surface area contributed by atoms with Crippen molar-refractivity contribution in [3.05, 3.63) is 68.6 Å². The minimum absolute atomic E-state index is 0.108. The molecule has 0 unspecified atom stereocenters. The Bertz CT molecular complexity index is 1040. The maximum Gasteiger partial charge on any atom is 0.270 e. The molecule has 1 aromatic carbocycles. The molecule has 3 heterocycles. The highest BCUT2D eigenvalue weighted by Gasteiger charge is 2.36. The van der Waals surface area contributed by atoms with Crippen molar-refractivity contribution < 1.29 is 4.74 Å². The third-order valence-corrected chi connectivity index (χ3v) is 4.24. The molecule has 7 heteroatoms. The van der Waals surface area contributed by atoms with Crippen molar-refractivity contribution in [3.8, 4) is 17.8 Å². The van der Waals surface area contributed by atoms with Gasteiger partial charge >= 0.3 is 0 Å². The number of nitrogens with one attached hydrogen (secondary N) is 2. The molecule has 0 saturated heterocycles. The Morgan fingerprint density at radius 3 is 2.75 bits per heavy atom. The number of hydrogen-bond acceptors (Lipinski definition) is 5. The molecule has 0 radical (unpaired) electrons. The second-order valence-corrected chi connectivity index (χ2v) is 5.61. The van der Waals surface area contributed by atoms with Crippen LogP contribution in [0.15, 0.2) is 35.1 Å². The largest absolute Gasteiger partial charge is 0.420 e. The van der Waals surface area contributed by atoms with Gasteiger partial charge in [0.15, 0.2) is 0 Å². The smallest absolute Gasteiger partial charge is 0.270 e. The Kier molecular flexibility index (Phi) is 2.93. The molecule has 24 heavy (non-hydrogen) atoms. The molecule has 0 amide bonds. The van der Waals surface area contributed by atoms with Gasteiger partial charge in [-0.15, -0.1) is 5.10 Å². The van der Waals surface area contributed by atoms with Crippen molar-refractivity contribution >= 4 is 5.69 Å². The summed E-state index contributed by atoms with van der Waals surface area (Å²) in [6, 6.07) is 11.6. The highest BCUT2D eigenvalue weighted by molar-refractivity contribution is 5.69. The van der Waals surface area contributed by atoms with Gasteiger partial charge in [0, 0.05) is 22.7 Å². The summed E-state index contributed by atoms with van der Waals surface area (Å²) in [7, 11) is 0. The van der Waals surface area contributed by atoms with Crippen LogP contribution in [-0.2, 0) is 0 Å². The van der Waals surface area contributed by atoms with Gasteiger partial charge in [-0.25, -0.2) is 0 Å². The Hall–Kier alpha value is -3.53. The number of pyridine rings is 1. The molecule has 0 fully saturated rings. The van der Waals surface area contributed by atoms with Crippen molar-refractivity contribution in [2.45, 2.75) is 12.8 Å². The number of anilines is 1. The molecule has 4 rings (SSSR count). The van der Waals surface area contributed by atoms with Crippen LogP contribution in [0.5, 0.6) is 11.8 Å². The van der Waals surface area contributed by atoms with Gasteiger partial charge in [0.1, 0.15) is 11.6 Å². The summed E-state index contributed by atoms with van der Waals surface area (Å²) in [5, 5.41) is 16.3. The van der Waals surface area contributed by atoms with Gasteiger partial charge in [-0.2, -0.15) is 5.26 Å². The third kappa shape index (κ3) is 1.83. The molecule has 3 aromatic rings. The van der Waals surface area contributed by atoms with E-state index < -0.39 is 5.56 Å². The monoisotopic (exact) mass is 319 g/mol. The molecule has 0 aliphatic carbocycles. The van der Waals surface area contributed by atoms with E-state index in [2.05, 4.69) is 15.2 Å². The zero-order chi connectivity index (χ0) is 16.8. The summed E-state index contributed by atoms with van der Waals surface area (Å²) in [6.07, 6.45) is 0. The Morgan fingerprint density at radius 1 is 1.29 bits per heavy atom. The number of rotatable bonds is 1. The van der Waals surface area contributed by atoms with Crippen LogP contribution in [0.4, 0.5) is 5.69 Å². The fourth-order valence-corrected chi connectivity index (χ4v) is 3.14. The standard InChI is InChI=1S/C17H13N5O2/c1-8-11-12(9-5-3-2-4-6-9)13-14(19)10(7-18)15(23)20-16(13)24-17(11)22-21-8/h2-6,12H,1H3,(H,21,22)(H3,19,20,23)/t12-/m1/s1. The molecule has 118 valence electrons. The van der Waals surface area contributed by atoms with Gasteiger partial charge in [-0.3, -0.25) is 14.9 Å². The lowest BCUT2D eigenvalue weighted by Gasteiger charge is -2.27. The number of nitrogens with two attached hydrogens (primary N) is 1. The van der Waals surface area contributed by atoms with E-state index in [-0.39, 0.29) is 23.0 Å². The molecule has 1 aliphatic heterocycles. The molecule has 1 aliphatic rings. The van der Waals surface area contributed by atoms with Crippen LogP contribution in [-0.4, -0.2) is 15.2 Å². The Labute approximate surface area is 136 Å². The molecule has 4 N–H and O–H groups in total. The lowest BCUT2D eigenvalue weighted by Crippen LogP contribution is -2.22. The lowest BCUT2D eigenvalue weighted by atomic mass is 9.83. The molecular weight excluding hydrogens is 306 g/mol. The van der Waals surface area contributed by atoms with Gasteiger partial charge in [0.2, 0.25) is 11.8 Å². The van der Waals surface area contributed by atoms with Crippen LogP contribution >= 0.6 is 0 Å². The van der Waals surface area contributed by atoms with E-state index in [4.69, 9.17) is 10.5 Å². The summed E-state index contributed by atoms with van der Waals surface area (Å²) in [6.45, 7) is 1.89. The van der Waals surface area contributed by atoms with E-state index in [9.17, 15) is 10.1 Å². The minimum Gasteiger partial charge on any atom is -0.420 e. The molecule has 0 bridgehead atoms. The van der Waals surface area contributed by atoms with Gasteiger partial charge < -0.3 is 10.5 Å². The lowest BCUT2D eigenvalue weighted by molar-refractivity contribution is 0.416. The molecule has 2 aromatic heterocycles. The number of aromatic nitrogens is 3. The average Bonchev–Trinajstić information content (AvgIpc) is 2.95. The van der Waals surface area contributed by atoms with E-state index in [1.54, 1.807) is 0 Å². The highest BCUT2D eigenvalue weighted by atomic mass is 16.5. The topological polar surface area (TPSA) is 121 Å². The molecule has 0 saturated carbocycles. The zero-order valence-electron chi connectivity index (χ0n) is 12.8. The number of hydrogen-bond donors (Lipinski definition) is 3. The number of nitriles is 1. The van der Waals surface area contributed by atoms with Gasteiger partial charge in [0.25, 0.3) is 5.56 Å². The SMILES string of the molecule is Cc1[nH]nc2c1[C@@H](c1ccccc1)c1c([nH]c(=O)c(C#N)c1N)O2. The maximum absolute atomic E-state index is 12.0. The van der Waals surface area contributed by atoms with E-state index in [0.717, 1.165) is 16.8 Å². The van der Waals surface area contributed by atoms with E-state index in [1.807, 2.05) is 43.3 Å². The van der Waals surface area contributed by atoms with E-state index in [0.29, 0.717) is 11.4 Å². The second-order valence-electron chi connectivity index (χ2n) is 5.61. The van der Waals surface area contributed by atoms with Crippen LogP contribution < -0.4 is 16.0 Å². The molecule has 1 atom stereocenters. The quantitative estimate of drug-likeness (QED) is 0.496. The van der Waals surface area contributed by atoms with Crippen molar-refractivity contribution in [2.75, 3.05) is 5.73 Å². The maximum atomic E-state index is 12.0. The van der Waals surface area contributed by atoms with Gasteiger partial charge in [-0.1, -0.05) is 30.3 Å². The van der Waals surface area contributed by atoms with Crippen molar-refractivity contribution in [1.29, 1.82) is 5.26 Å². The van der Waals surface area contributed by atoms with Gasteiger partial charge in [0.05, 0.1) is 5.69 Å². The summed E-state index contributed by atoms with van der Waals surface area (Å²) in [5.74, 6) is 0.339. The predicted octanol–water partition coefficient (Wildman–Crippen LogP) is 2.15. The number of nitrogens with zero attached hydrogens (tertiary/aromatic N) is 2. The first-order chi connectivity index (χ1) is 11.6. The Balaban J connectivity index is 2.09. The fourth-order valence-electron chi connectivity index (χ4n) is 3.14. The van der Waals surface area contributed by atoms with E-state index >= 15 is 0 Å². The Morgan fingerprint density at radius 2 is 2.04 bits per heavy atom. The molecule has 0 spiro atoms. The number of nitrogen functional groups attached to an aromatic ring is 1. The number of aromatic amines is 2. The summed E-state index contributed by atoms with van der Waals surface area (Å²) in [4.78, 5) is 14.6.